The van der Waals surface area contributed by atoms with E-state index in [2.05, 4.69) is 16.5 Å². The van der Waals surface area contributed by atoms with Crippen molar-refractivity contribution in [2.24, 2.45) is 5.92 Å². The van der Waals surface area contributed by atoms with E-state index >= 15 is 0 Å². The Hall–Kier alpha value is -1.44. The number of hydrogen-bond acceptors (Lipinski definition) is 4. The fourth-order valence-corrected chi connectivity index (χ4v) is 4.35. The third-order valence-corrected chi connectivity index (χ3v) is 6.25. The van der Waals surface area contributed by atoms with Crippen molar-refractivity contribution in [3.05, 3.63) is 29.8 Å². The molecule has 0 bridgehead atoms. The van der Waals surface area contributed by atoms with E-state index in [-0.39, 0.29) is 16.7 Å². The molecule has 1 unspecified atom stereocenters. The van der Waals surface area contributed by atoms with Crippen molar-refractivity contribution in [1.82, 2.24) is 14.5 Å². The molecule has 0 saturated carbocycles. The van der Waals surface area contributed by atoms with Gasteiger partial charge in [-0.2, -0.15) is 4.72 Å². The average Bonchev–Trinajstić information content (AvgIpc) is 2.60. The summed E-state index contributed by atoms with van der Waals surface area (Å²) < 4.78 is 28.1. The average molecular weight is 382 g/mol. The molecule has 1 aliphatic heterocycles. The predicted molar refractivity (Wildman–Crippen MR) is 103 cm³/mol. The molecule has 1 aromatic carbocycles. The zero-order chi connectivity index (χ0) is 19.3. The Morgan fingerprint density at radius 3 is 2.19 bits per heavy atom. The Labute approximate surface area is 157 Å². The lowest BCUT2D eigenvalue weighted by Gasteiger charge is -2.36. The molecule has 6 nitrogen and oxygen atoms in total. The van der Waals surface area contributed by atoms with Crippen molar-refractivity contribution in [2.45, 2.75) is 45.1 Å². The number of aryl methyl sites for hydroxylation is 1. The van der Waals surface area contributed by atoms with Crippen molar-refractivity contribution in [3.8, 4) is 0 Å². The first-order valence-corrected chi connectivity index (χ1v) is 10.8. The summed E-state index contributed by atoms with van der Waals surface area (Å²) >= 11 is 0. The molecule has 1 saturated heterocycles. The lowest BCUT2D eigenvalue weighted by molar-refractivity contribution is -0.135. The van der Waals surface area contributed by atoms with Crippen LogP contribution < -0.4 is 4.72 Å². The summed E-state index contributed by atoms with van der Waals surface area (Å²) in [6.07, 6.45) is 0.484. The van der Waals surface area contributed by atoms with Crippen LogP contribution in [0.25, 0.3) is 0 Å². The third kappa shape index (κ3) is 5.53. The van der Waals surface area contributed by atoms with Gasteiger partial charge in [0.2, 0.25) is 15.9 Å². The maximum atomic E-state index is 13.0. The van der Waals surface area contributed by atoms with Crippen LogP contribution in [0.2, 0.25) is 0 Å². The van der Waals surface area contributed by atoms with Crippen LogP contribution in [0.3, 0.4) is 0 Å². The smallest absolute Gasteiger partial charge is 0.241 e. The van der Waals surface area contributed by atoms with E-state index in [1.54, 1.807) is 29.2 Å². The first-order valence-electron chi connectivity index (χ1n) is 9.33. The summed E-state index contributed by atoms with van der Waals surface area (Å²) in [5, 5.41) is 0. The van der Waals surface area contributed by atoms with E-state index < -0.39 is 16.1 Å². The Morgan fingerprint density at radius 2 is 1.69 bits per heavy atom. The van der Waals surface area contributed by atoms with Gasteiger partial charge in [0.25, 0.3) is 0 Å². The van der Waals surface area contributed by atoms with E-state index in [9.17, 15) is 13.2 Å². The second kappa shape index (κ2) is 8.97. The van der Waals surface area contributed by atoms with Gasteiger partial charge in [-0.3, -0.25) is 4.79 Å². The van der Waals surface area contributed by atoms with Gasteiger partial charge in [0.15, 0.2) is 0 Å². The molecule has 0 radical (unpaired) electrons. The molecule has 26 heavy (non-hydrogen) atoms. The van der Waals surface area contributed by atoms with Gasteiger partial charge in [0.05, 0.1) is 4.90 Å². The number of nitrogens with one attached hydrogen (secondary N) is 1. The summed E-state index contributed by atoms with van der Waals surface area (Å²) in [4.78, 5) is 17.2. The molecule has 7 heteroatoms. The molecular weight excluding hydrogens is 350 g/mol. The number of piperazine rings is 1. The molecular formula is C19H31N3O3S. The number of carbonyl (C=O) groups is 1. The summed E-state index contributed by atoms with van der Waals surface area (Å²) in [5.41, 5.74) is 0.993. The minimum atomic E-state index is -3.73. The van der Waals surface area contributed by atoms with Gasteiger partial charge in [-0.05, 0) is 37.9 Å². The molecule has 0 aliphatic carbocycles. The molecule has 1 fully saturated rings. The Bertz CT molecular complexity index is 693. The fraction of sp³-hybridized carbons (Fsp3) is 0.632. The zero-order valence-electron chi connectivity index (χ0n) is 16.2. The topological polar surface area (TPSA) is 69.7 Å². The molecule has 1 aromatic rings. The van der Waals surface area contributed by atoms with Gasteiger partial charge < -0.3 is 9.80 Å². The molecule has 2 rings (SSSR count). The highest BCUT2D eigenvalue weighted by Crippen LogP contribution is 2.15. The number of rotatable bonds is 7. The van der Waals surface area contributed by atoms with E-state index in [0.29, 0.717) is 19.5 Å². The molecule has 0 spiro atoms. The molecule has 1 N–H and O–H groups in total. The van der Waals surface area contributed by atoms with Crippen LogP contribution in [0.5, 0.6) is 0 Å². The van der Waals surface area contributed by atoms with Crippen LogP contribution in [0.15, 0.2) is 29.2 Å². The highest BCUT2D eigenvalue weighted by Gasteiger charge is 2.31. The van der Waals surface area contributed by atoms with Gasteiger partial charge in [-0.25, -0.2) is 8.42 Å². The van der Waals surface area contributed by atoms with Crippen LogP contribution in [0, 0.1) is 12.8 Å². The monoisotopic (exact) mass is 381 g/mol. The van der Waals surface area contributed by atoms with Crippen LogP contribution in [-0.2, 0) is 14.8 Å². The largest absolute Gasteiger partial charge is 0.339 e. The predicted octanol–water partition coefficient (Wildman–Crippen LogP) is 1.85. The lowest BCUT2D eigenvalue weighted by atomic mass is 10.0. The van der Waals surface area contributed by atoms with Gasteiger partial charge >= 0.3 is 0 Å². The van der Waals surface area contributed by atoms with Gasteiger partial charge in [-0.15, -0.1) is 0 Å². The van der Waals surface area contributed by atoms with Gasteiger partial charge in [0.1, 0.15) is 6.04 Å². The van der Waals surface area contributed by atoms with E-state index in [4.69, 9.17) is 0 Å². The fourth-order valence-electron chi connectivity index (χ4n) is 3.15. The second-order valence-electron chi connectivity index (χ2n) is 7.38. The number of amides is 1. The van der Waals surface area contributed by atoms with Crippen molar-refractivity contribution in [3.63, 3.8) is 0 Å². The number of hydrogen-bond donors (Lipinski definition) is 1. The molecule has 146 valence electrons. The number of carbonyl (C=O) groups excluding carboxylic acids is 1. The zero-order valence-corrected chi connectivity index (χ0v) is 17.1. The Balaban J connectivity index is 2.13. The molecule has 1 atom stereocenters. The van der Waals surface area contributed by atoms with E-state index in [1.807, 2.05) is 20.8 Å². The van der Waals surface area contributed by atoms with E-state index in [1.165, 1.54) is 0 Å². The normalized spacial score (nSPS) is 17.5. The summed E-state index contributed by atoms with van der Waals surface area (Å²) in [7, 11) is -3.73. The first-order chi connectivity index (χ1) is 12.2. The number of likely N-dealkylation sites (N-methyl/N-ethyl adjacent to an activating group) is 1. The van der Waals surface area contributed by atoms with Crippen LogP contribution in [-0.4, -0.2) is 62.9 Å². The summed E-state index contributed by atoms with van der Waals surface area (Å²) in [6.45, 7) is 11.9. The quantitative estimate of drug-likeness (QED) is 0.783. The van der Waals surface area contributed by atoms with Gasteiger partial charge in [-0.1, -0.05) is 38.5 Å². The molecule has 1 heterocycles. The van der Waals surface area contributed by atoms with Crippen LogP contribution in [0.1, 0.15) is 32.8 Å². The highest BCUT2D eigenvalue weighted by molar-refractivity contribution is 7.89. The lowest BCUT2D eigenvalue weighted by Crippen LogP contribution is -2.55. The SMILES string of the molecule is CCN1CCN(C(=O)C(CC(C)C)NS(=O)(=O)c2ccc(C)cc2)CC1. The standard InChI is InChI=1S/C19H31N3O3S/c1-5-21-10-12-22(13-11-21)19(23)18(14-15(2)3)20-26(24,25)17-8-6-16(4)7-9-17/h6-9,15,18,20H,5,10-14H2,1-4H3. The van der Waals surface area contributed by atoms with Crippen molar-refractivity contribution >= 4 is 15.9 Å². The first kappa shape index (κ1) is 20.9. The van der Waals surface area contributed by atoms with Crippen molar-refractivity contribution in [2.75, 3.05) is 32.7 Å². The minimum Gasteiger partial charge on any atom is -0.339 e. The Morgan fingerprint density at radius 1 is 1.12 bits per heavy atom. The maximum Gasteiger partial charge on any atom is 0.241 e. The van der Waals surface area contributed by atoms with Gasteiger partial charge in [0, 0.05) is 26.2 Å². The third-order valence-electron chi connectivity index (χ3n) is 4.77. The van der Waals surface area contributed by atoms with Crippen molar-refractivity contribution in [1.29, 1.82) is 0 Å². The number of nitrogens with zero attached hydrogens (tertiary/aromatic N) is 2. The van der Waals surface area contributed by atoms with Crippen LogP contribution in [0.4, 0.5) is 0 Å². The molecule has 1 amide bonds. The highest BCUT2D eigenvalue weighted by atomic mass is 32.2. The number of sulfonamides is 1. The molecule has 1 aliphatic rings. The molecule has 0 aromatic heterocycles. The number of benzene rings is 1. The summed E-state index contributed by atoms with van der Waals surface area (Å²) in [5.74, 6) is 0.0896. The second-order valence-corrected chi connectivity index (χ2v) is 9.09. The Kier molecular flexibility index (Phi) is 7.20. The van der Waals surface area contributed by atoms with E-state index in [0.717, 1.165) is 25.2 Å². The van der Waals surface area contributed by atoms with Crippen molar-refractivity contribution < 1.29 is 13.2 Å². The minimum absolute atomic E-state index is 0.120. The maximum absolute atomic E-state index is 13.0. The summed E-state index contributed by atoms with van der Waals surface area (Å²) in [6, 6.07) is 5.95. The van der Waals surface area contributed by atoms with Crippen LogP contribution >= 0.6 is 0 Å².